The Bertz CT molecular complexity index is 194. The van der Waals surface area contributed by atoms with Crippen LogP contribution in [0.25, 0.3) is 0 Å². The van der Waals surface area contributed by atoms with Gasteiger partial charge in [-0.15, -0.1) is 0 Å². The first-order valence-corrected chi connectivity index (χ1v) is 4.19. The third kappa shape index (κ3) is 15.6. The van der Waals surface area contributed by atoms with Crippen LogP contribution in [0.3, 0.4) is 0 Å². The second kappa shape index (κ2) is 8.16. The molecular formula is C8H18N2O5. The number of Topliss-reactive ketones (excluding diaryl/α,β-unsaturated/α-hetero) is 1. The normalized spacial score (nSPS) is 9.73. The molecule has 0 heterocycles. The highest BCUT2D eigenvalue weighted by Gasteiger charge is 2.14. The van der Waals surface area contributed by atoms with E-state index in [0.29, 0.717) is 0 Å². The Kier molecular flexibility index (Phi) is 8.84. The summed E-state index contributed by atoms with van der Waals surface area (Å²) in [5.41, 5.74) is 1.39. The summed E-state index contributed by atoms with van der Waals surface area (Å²) < 4.78 is 4.71. The van der Waals surface area contributed by atoms with Crippen molar-refractivity contribution in [2.45, 2.75) is 26.4 Å². The molecule has 0 bridgehead atoms. The predicted molar refractivity (Wildman–Crippen MR) is 52.7 cm³/mol. The van der Waals surface area contributed by atoms with Gasteiger partial charge in [0.1, 0.15) is 18.8 Å². The second-order valence-corrected chi connectivity index (χ2v) is 3.50. The maximum Gasteiger partial charge on any atom is 0.421 e. The SMILES string of the molecule is CC(C)(C)OC(=O)NN.O=C(CO)CO. The van der Waals surface area contributed by atoms with Crippen LogP contribution >= 0.6 is 0 Å². The molecule has 0 aromatic heterocycles. The smallest absolute Gasteiger partial charge is 0.421 e. The number of nitrogens with two attached hydrogens (primary N) is 1. The van der Waals surface area contributed by atoms with Crippen LogP contribution in [-0.2, 0) is 9.53 Å². The maximum absolute atomic E-state index is 10.4. The van der Waals surface area contributed by atoms with E-state index in [-0.39, 0.29) is 0 Å². The Morgan fingerprint density at radius 2 is 1.67 bits per heavy atom. The standard InChI is InChI=1S/C5H12N2O2.C3H6O3/c1-5(2,3)9-4(8)7-6;4-1-3(6)2-5/h6H2,1-3H3,(H,7,8);4-5H,1-2H2. The minimum atomic E-state index is -0.609. The molecule has 90 valence electrons. The zero-order valence-corrected chi connectivity index (χ0v) is 9.11. The Morgan fingerprint density at radius 3 is 1.73 bits per heavy atom. The fourth-order valence-electron chi connectivity index (χ4n) is 0.358. The molecule has 7 heteroatoms. The highest BCUT2D eigenvalue weighted by Crippen LogP contribution is 2.05. The van der Waals surface area contributed by atoms with Gasteiger partial charge in [-0.2, -0.15) is 0 Å². The van der Waals surface area contributed by atoms with Gasteiger partial charge in [0, 0.05) is 0 Å². The van der Waals surface area contributed by atoms with Crippen LogP contribution in [0.2, 0.25) is 0 Å². The van der Waals surface area contributed by atoms with E-state index in [1.165, 1.54) is 0 Å². The molecule has 5 N–H and O–H groups in total. The van der Waals surface area contributed by atoms with Crippen LogP contribution in [-0.4, -0.2) is 40.9 Å². The molecule has 1 amide bonds. The molecule has 0 aromatic rings. The molecule has 15 heavy (non-hydrogen) atoms. The Hall–Kier alpha value is -1.18. The molecule has 0 spiro atoms. The van der Waals surface area contributed by atoms with Gasteiger partial charge >= 0.3 is 6.09 Å². The number of hydrogen-bond donors (Lipinski definition) is 4. The van der Waals surface area contributed by atoms with Crippen LogP contribution in [0.5, 0.6) is 0 Å². The van der Waals surface area contributed by atoms with Gasteiger partial charge in [0.15, 0.2) is 5.78 Å². The van der Waals surface area contributed by atoms with Crippen molar-refractivity contribution in [2.24, 2.45) is 5.84 Å². The summed E-state index contributed by atoms with van der Waals surface area (Å²) in [6, 6.07) is 0. The first-order valence-electron chi connectivity index (χ1n) is 4.19. The van der Waals surface area contributed by atoms with Crippen molar-refractivity contribution in [1.29, 1.82) is 0 Å². The molecule has 0 rings (SSSR count). The highest BCUT2D eigenvalue weighted by molar-refractivity contribution is 5.80. The number of nitrogens with one attached hydrogen (secondary N) is 1. The topological polar surface area (TPSA) is 122 Å². The van der Waals surface area contributed by atoms with Crippen LogP contribution in [0, 0.1) is 0 Å². The van der Waals surface area contributed by atoms with E-state index in [9.17, 15) is 9.59 Å². The summed E-state index contributed by atoms with van der Waals surface area (Å²) in [7, 11) is 0. The Balaban J connectivity index is 0. The number of aliphatic hydroxyl groups excluding tert-OH is 2. The molecule has 0 aliphatic heterocycles. The number of carbonyl (C=O) groups excluding carboxylic acids is 2. The van der Waals surface area contributed by atoms with Gasteiger partial charge in [0.2, 0.25) is 0 Å². The monoisotopic (exact) mass is 222 g/mol. The third-order valence-electron chi connectivity index (χ3n) is 0.869. The lowest BCUT2D eigenvalue weighted by Gasteiger charge is -2.18. The van der Waals surface area contributed by atoms with Crippen molar-refractivity contribution in [2.75, 3.05) is 13.2 Å². The van der Waals surface area contributed by atoms with E-state index in [1.807, 2.05) is 5.43 Å². The summed E-state index contributed by atoms with van der Waals surface area (Å²) in [4.78, 5) is 20.0. The lowest BCUT2D eigenvalue weighted by molar-refractivity contribution is -0.124. The summed E-state index contributed by atoms with van der Waals surface area (Å²) in [5.74, 6) is 4.21. The summed E-state index contributed by atoms with van der Waals surface area (Å²) in [6.45, 7) is 4.18. The highest BCUT2D eigenvalue weighted by atomic mass is 16.6. The largest absolute Gasteiger partial charge is 0.443 e. The molecule has 0 unspecified atom stereocenters. The molecule has 7 nitrogen and oxygen atoms in total. The van der Waals surface area contributed by atoms with E-state index in [2.05, 4.69) is 0 Å². The van der Waals surface area contributed by atoms with Crippen molar-refractivity contribution >= 4 is 11.9 Å². The summed E-state index contributed by atoms with van der Waals surface area (Å²) in [5, 5.41) is 15.7. The van der Waals surface area contributed by atoms with Crippen molar-refractivity contribution in [3.8, 4) is 0 Å². The molecule has 0 aliphatic rings. The number of carbonyl (C=O) groups is 2. The zero-order valence-electron chi connectivity index (χ0n) is 9.11. The minimum absolute atomic E-state index is 0.469. The first kappa shape index (κ1) is 16.3. The quantitative estimate of drug-likeness (QED) is 0.268. The number of amides is 1. The van der Waals surface area contributed by atoms with Gasteiger partial charge in [-0.3, -0.25) is 10.2 Å². The van der Waals surface area contributed by atoms with Crippen LogP contribution < -0.4 is 11.3 Å². The number of hydrazine groups is 1. The van der Waals surface area contributed by atoms with E-state index in [1.54, 1.807) is 20.8 Å². The number of ether oxygens (including phenoxy) is 1. The molecule has 0 saturated heterocycles. The lowest BCUT2D eigenvalue weighted by Crippen LogP contribution is -2.36. The Morgan fingerprint density at radius 1 is 1.27 bits per heavy atom. The molecule has 0 aliphatic carbocycles. The molecule has 0 aromatic carbocycles. The van der Waals surface area contributed by atoms with Crippen molar-refractivity contribution < 1.29 is 24.5 Å². The fraction of sp³-hybridized carbons (Fsp3) is 0.750. The second-order valence-electron chi connectivity index (χ2n) is 3.50. The maximum atomic E-state index is 10.4. The van der Waals surface area contributed by atoms with Gasteiger partial charge in [0.05, 0.1) is 0 Å². The number of rotatable bonds is 2. The van der Waals surface area contributed by atoms with Crippen molar-refractivity contribution in [1.82, 2.24) is 5.43 Å². The third-order valence-corrected chi connectivity index (χ3v) is 0.869. The molecule has 0 fully saturated rings. The molecule has 0 radical (unpaired) electrons. The zero-order chi connectivity index (χ0) is 12.5. The van der Waals surface area contributed by atoms with Gasteiger partial charge in [-0.05, 0) is 20.8 Å². The van der Waals surface area contributed by atoms with Crippen molar-refractivity contribution in [3.05, 3.63) is 0 Å². The van der Waals surface area contributed by atoms with E-state index >= 15 is 0 Å². The lowest BCUT2D eigenvalue weighted by atomic mass is 10.2. The number of ketones is 1. The number of hydrogen-bond acceptors (Lipinski definition) is 6. The average molecular weight is 222 g/mol. The van der Waals surface area contributed by atoms with E-state index in [0.717, 1.165) is 0 Å². The van der Waals surface area contributed by atoms with Gasteiger partial charge in [-0.25, -0.2) is 10.6 Å². The van der Waals surface area contributed by atoms with Crippen LogP contribution in [0.15, 0.2) is 0 Å². The summed E-state index contributed by atoms with van der Waals surface area (Å²) in [6.07, 6.45) is -0.609. The predicted octanol–water partition coefficient (Wildman–Crippen LogP) is -1.08. The van der Waals surface area contributed by atoms with Gasteiger partial charge in [-0.1, -0.05) is 0 Å². The summed E-state index contributed by atoms with van der Waals surface area (Å²) >= 11 is 0. The molecule has 0 saturated carbocycles. The fourth-order valence-corrected chi connectivity index (χ4v) is 0.358. The van der Waals surface area contributed by atoms with Crippen molar-refractivity contribution in [3.63, 3.8) is 0 Å². The first-order chi connectivity index (χ1) is 6.76. The molecular weight excluding hydrogens is 204 g/mol. The van der Waals surface area contributed by atoms with Crippen LogP contribution in [0.4, 0.5) is 4.79 Å². The van der Waals surface area contributed by atoms with E-state index < -0.39 is 30.7 Å². The minimum Gasteiger partial charge on any atom is -0.443 e. The number of aliphatic hydroxyl groups is 2. The van der Waals surface area contributed by atoms with Gasteiger partial charge < -0.3 is 14.9 Å². The Labute approximate surface area is 88.2 Å². The molecule has 0 atom stereocenters. The van der Waals surface area contributed by atoms with E-state index in [4.69, 9.17) is 20.8 Å². The van der Waals surface area contributed by atoms with Gasteiger partial charge in [0.25, 0.3) is 0 Å². The van der Waals surface area contributed by atoms with Crippen LogP contribution in [0.1, 0.15) is 20.8 Å². The average Bonchev–Trinajstić information content (AvgIpc) is 2.15.